The molecule has 1 aliphatic rings. The number of phenols is 4. The molecule has 5 heteroatoms. The Labute approximate surface area is 156 Å². The summed E-state index contributed by atoms with van der Waals surface area (Å²) in [7, 11) is 0. The van der Waals surface area contributed by atoms with Gasteiger partial charge < -0.3 is 20.4 Å². The van der Waals surface area contributed by atoms with Gasteiger partial charge in [-0.1, -0.05) is 25.5 Å². The van der Waals surface area contributed by atoms with Crippen LogP contribution in [0, 0.1) is 0 Å². The van der Waals surface area contributed by atoms with Crippen LogP contribution < -0.4 is 0 Å². The Bertz CT molecular complexity index is 1070. The van der Waals surface area contributed by atoms with Crippen LogP contribution in [0.25, 0.3) is 11.1 Å². The summed E-state index contributed by atoms with van der Waals surface area (Å²) < 4.78 is 0. The van der Waals surface area contributed by atoms with Gasteiger partial charge >= 0.3 is 0 Å². The third-order valence-corrected chi connectivity index (χ3v) is 4.77. The summed E-state index contributed by atoms with van der Waals surface area (Å²) in [5.74, 6) is -1.04. The first kappa shape index (κ1) is 17.0. The molecule has 1 aliphatic carbocycles. The molecule has 0 heterocycles. The number of hydrogen-bond donors (Lipinski definition) is 4. The van der Waals surface area contributed by atoms with E-state index in [1.165, 1.54) is 23.8 Å². The lowest BCUT2D eigenvalue weighted by Gasteiger charge is -2.07. The van der Waals surface area contributed by atoms with Crippen molar-refractivity contribution < 1.29 is 20.4 Å². The van der Waals surface area contributed by atoms with Crippen molar-refractivity contribution in [2.45, 2.75) is 19.8 Å². The van der Waals surface area contributed by atoms with Crippen molar-refractivity contribution in [2.24, 2.45) is 4.99 Å². The lowest BCUT2D eigenvalue weighted by Crippen LogP contribution is -1.98. The van der Waals surface area contributed by atoms with E-state index < -0.39 is 0 Å². The molecule has 4 rings (SSSR count). The normalized spacial score (nSPS) is 13.6. The second-order valence-electron chi connectivity index (χ2n) is 6.62. The van der Waals surface area contributed by atoms with Crippen LogP contribution in [0.5, 0.6) is 23.0 Å². The fraction of sp³-hybridized carbons (Fsp3) is 0.136. The van der Waals surface area contributed by atoms with Gasteiger partial charge in [0, 0.05) is 5.56 Å². The number of aliphatic imine (C=N–C) groups is 1. The molecule has 0 saturated heterocycles. The van der Waals surface area contributed by atoms with Gasteiger partial charge in [0.25, 0.3) is 0 Å². The fourth-order valence-electron chi connectivity index (χ4n) is 3.45. The summed E-state index contributed by atoms with van der Waals surface area (Å²) in [6, 6.07) is 13.7. The topological polar surface area (TPSA) is 93.3 Å². The standard InChI is InChI=1S/C22H19NO4/c1-2-3-12-4-6-13(7-5-12)23-21-16-11-19(26)18(25)10-15(16)14-8-9-17(24)22(27)20(14)21/h4-11,24-27H,2-3H2,1H3. The Balaban J connectivity index is 1.92. The first-order valence-corrected chi connectivity index (χ1v) is 8.79. The minimum absolute atomic E-state index is 0.249. The number of hydrogen-bond acceptors (Lipinski definition) is 5. The minimum atomic E-state index is -0.274. The van der Waals surface area contributed by atoms with Gasteiger partial charge in [-0.25, -0.2) is 4.99 Å². The van der Waals surface area contributed by atoms with E-state index in [1.54, 1.807) is 6.07 Å². The summed E-state index contributed by atoms with van der Waals surface area (Å²) in [5, 5.41) is 40.2. The zero-order valence-corrected chi connectivity index (χ0v) is 14.8. The van der Waals surface area contributed by atoms with Crippen molar-refractivity contribution in [3.63, 3.8) is 0 Å². The van der Waals surface area contributed by atoms with E-state index in [1.807, 2.05) is 24.3 Å². The van der Waals surface area contributed by atoms with Gasteiger partial charge in [0.05, 0.1) is 17.0 Å². The SMILES string of the molecule is CCCc1ccc(N=C2c3cc(O)c(O)cc3-c3ccc(O)c(O)c32)cc1. The van der Waals surface area contributed by atoms with Gasteiger partial charge in [-0.3, -0.25) is 0 Å². The molecule has 0 fully saturated rings. The van der Waals surface area contributed by atoms with Gasteiger partial charge in [0.2, 0.25) is 0 Å². The van der Waals surface area contributed by atoms with E-state index in [-0.39, 0.29) is 23.0 Å². The Morgan fingerprint density at radius 1 is 0.741 bits per heavy atom. The Morgan fingerprint density at radius 3 is 2.07 bits per heavy atom. The van der Waals surface area contributed by atoms with E-state index in [4.69, 9.17) is 0 Å². The summed E-state index contributed by atoms with van der Waals surface area (Å²) in [6.45, 7) is 2.12. The van der Waals surface area contributed by atoms with Crippen molar-refractivity contribution in [1.29, 1.82) is 0 Å². The predicted octanol–water partition coefficient (Wildman–Crippen LogP) is 4.61. The molecule has 4 N–H and O–H groups in total. The van der Waals surface area contributed by atoms with Crippen LogP contribution in [0.3, 0.4) is 0 Å². The van der Waals surface area contributed by atoms with Crippen LogP contribution >= 0.6 is 0 Å². The molecule has 0 saturated carbocycles. The largest absolute Gasteiger partial charge is 0.504 e. The smallest absolute Gasteiger partial charge is 0.167 e. The number of aryl methyl sites for hydroxylation is 1. The zero-order valence-electron chi connectivity index (χ0n) is 14.8. The Kier molecular flexibility index (Phi) is 4.00. The molecule has 0 aliphatic heterocycles. The molecule has 136 valence electrons. The molecule has 3 aromatic carbocycles. The number of benzene rings is 3. The average molecular weight is 361 g/mol. The molecule has 5 nitrogen and oxygen atoms in total. The molecule has 0 spiro atoms. The summed E-state index contributed by atoms with van der Waals surface area (Å²) in [6.07, 6.45) is 2.05. The maximum absolute atomic E-state index is 10.4. The third-order valence-electron chi connectivity index (χ3n) is 4.77. The van der Waals surface area contributed by atoms with E-state index in [2.05, 4.69) is 11.9 Å². The van der Waals surface area contributed by atoms with Crippen LogP contribution in [-0.2, 0) is 6.42 Å². The third kappa shape index (κ3) is 2.77. The predicted molar refractivity (Wildman–Crippen MR) is 104 cm³/mol. The second-order valence-corrected chi connectivity index (χ2v) is 6.62. The molecule has 27 heavy (non-hydrogen) atoms. The van der Waals surface area contributed by atoms with Crippen molar-refractivity contribution in [3.05, 3.63) is 65.2 Å². The van der Waals surface area contributed by atoms with Gasteiger partial charge in [0.1, 0.15) is 0 Å². The van der Waals surface area contributed by atoms with Crippen molar-refractivity contribution in [1.82, 2.24) is 0 Å². The minimum Gasteiger partial charge on any atom is -0.504 e. The summed E-state index contributed by atoms with van der Waals surface area (Å²) in [5.41, 5.74) is 4.59. The molecule has 3 aromatic rings. The van der Waals surface area contributed by atoms with Gasteiger partial charge in [-0.2, -0.15) is 0 Å². The molecule has 0 radical (unpaired) electrons. The van der Waals surface area contributed by atoms with Gasteiger partial charge in [-0.15, -0.1) is 0 Å². The number of nitrogens with zero attached hydrogens (tertiary/aromatic N) is 1. The maximum Gasteiger partial charge on any atom is 0.167 e. The van der Waals surface area contributed by atoms with E-state index >= 15 is 0 Å². The quantitative estimate of drug-likeness (QED) is 0.401. The Morgan fingerprint density at radius 2 is 1.41 bits per heavy atom. The lowest BCUT2D eigenvalue weighted by atomic mass is 10.0. The van der Waals surface area contributed by atoms with Crippen molar-refractivity contribution in [2.75, 3.05) is 0 Å². The van der Waals surface area contributed by atoms with E-state index in [0.717, 1.165) is 12.8 Å². The molecule has 0 unspecified atom stereocenters. The van der Waals surface area contributed by atoms with Crippen LogP contribution in [0.2, 0.25) is 0 Å². The first-order valence-electron chi connectivity index (χ1n) is 8.79. The number of phenolic OH excluding ortho intramolecular Hbond substituents is 4. The number of fused-ring (bicyclic) bond motifs is 3. The van der Waals surface area contributed by atoms with E-state index in [0.29, 0.717) is 33.7 Å². The van der Waals surface area contributed by atoms with Crippen molar-refractivity contribution in [3.8, 4) is 34.1 Å². The maximum atomic E-state index is 10.4. The second kappa shape index (κ2) is 6.36. The van der Waals surface area contributed by atoms with Crippen LogP contribution in [0.4, 0.5) is 5.69 Å². The van der Waals surface area contributed by atoms with Gasteiger partial charge in [-0.05, 0) is 59.5 Å². The highest BCUT2D eigenvalue weighted by molar-refractivity contribution is 6.27. The highest BCUT2D eigenvalue weighted by atomic mass is 16.3. The summed E-state index contributed by atoms with van der Waals surface area (Å²) >= 11 is 0. The lowest BCUT2D eigenvalue weighted by molar-refractivity contribution is 0.403. The highest BCUT2D eigenvalue weighted by Gasteiger charge is 2.30. The number of rotatable bonds is 3. The monoisotopic (exact) mass is 361 g/mol. The summed E-state index contributed by atoms with van der Waals surface area (Å²) in [4.78, 5) is 4.67. The molecular weight excluding hydrogens is 342 g/mol. The Hall–Kier alpha value is -3.47. The van der Waals surface area contributed by atoms with Crippen LogP contribution in [0.15, 0.2) is 53.5 Å². The van der Waals surface area contributed by atoms with Crippen LogP contribution in [0.1, 0.15) is 30.0 Å². The molecule has 0 aromatic heterocycles. The zero-order chi connectivity index (χ0) is 19.1. The van der Waals surface area contributed by atoms with Gasteiger partial charge in [0.15, 0.2) is 23.0 Å². The first-order chi connectivity index (χ1) is 13.0. The van der Waals surface area contributed by atoms with E-state index in [9.17, 15) is 20.4 Å². The number of aromatic hydroxyl groups is 4. The van der Waals surface area contributed by atoms with Crippen molar-refractivity contribution >= 4 is 11.4 Å². The molecule has 0 bridgehead atoms. The molecule has 0 atom stereocenters. The van der Waals surface area contributed by atoms with Crippen LogP contribution in [-0.4, -0.2) is 26.1 Å². The molecular formula is C22H19NO4. The molecule has 0 amide bonds. The highest BCUT2D eigenvalue weighted by Crippen LogP contribution is 2.48. The average Bonchev–Trinajstić information content (AvgIpc) is 2.94. The fourth-order valence-corrected chi connectivity index (χ4v) is 3.45.